The van der Waals surface area contributed by atoms with Crippen molar-refractivity contribution in [1.29, 1.82) is 0 Å². The first kappa shape index (κ1) is 64.9. The van der Waals surface area contributed by atoms with Gasteiger partial charge < -0.3 is 4.57 Å². The molecule has 0 amide bonds. The molecule has 0 fully saturated rings. The molecule has 0 unspecified atom stereocenters. The molecule has 0 aliphatic carbocycles. The quantitative estimate of drug-likeness (QED) is 0.140. The highest BCUT2D eigenvalue weighted by Crippen LogP contribution is 2.49. The average Bonchev–Trinajstić information content (AvgIpc) is 1.61. The van der Waals surface area contributed by atoms with E-state index in [0.717, 1.165) is 83.4 Å². The maximum Gasteiger partial charge on any atom is 0.418 e. The lowest BCUT2D eigenvalue weighted by Gasteiger charge is -2.18. The molecular weight excluding hydrogens is 1280 g/mol. The van der Waals surface area contributed by atoms with Crippen LogP contribution in [-0.2, 0) is 55.6 Å². The van der Waals surface area contributed by atoms with Gasteiger partial charge in [0.1, 0.15) is 0 Å². The molecule has 10 rings (SSSR count). The molecule has 9 aromatic carbocycles. The molecule has 0 saturated carbocycles. The third-order valence-corrected chi connectivity index (χ3v) is 14.4. The molecule has 0 atom stereocenters. The predicted octanol–water partition coefficient (Wildman–Crippen LogP) is 24.0. The minimum atomic E-state index is -5.52. The summed E-state index contributed by atoms with van der Waals surface area (Å²) in [7, 11) is 0. The summed E-state index contributed by atoms with van der Waals surface area (Å²) in [5.74, 6) is 0. The van der Waals surface area contributed by atoms with Gasteiger partial charge in [0.05, 0.1) is 66.8 Å². The Morgan fingerprint density at radius 3 is 0.615 bits per heavy atom. The number of aromatic nitrogens is 1. The number of para-hydroxylation sites is 1. The Hall–Kier alpha value is -9.11. The summed E-state index contributed by atoms with van der Waals surface area (Å²) in [5.41, 5.74) is -25.9. The van der Waals surface area contributed by atoms with E-state index in [1.54, 1.807) is 0 Å². The fourth-order valence-electron chi connectivity index (χ4n) is 10.3. The molecule has 28 heteroatoms. The van der Waals surface area contributed by atoms with Crippen molar-refractivity contribution in [2.45, 2.75) is 55.6 Å². The van der Waals surface area contributed by atoms with Crippen molar-refractivity contribution in [3.05, 3.63) is 220 Å². The van der Waals surface area contributed by atoms with E-state index in [9.17, 15) is 119 Å². The van der Waals surface area contributed by atoms with Crippen LogP contribution >= 0.6 is 0 Å². The molecule has 0 saturated heterocycles. The summed E-state index contributed by atoms with van der Waals surface area (Å²) in [5, 5.41) is -0.459. The topological polar surface area (TPSA) is 4.93 Å². The number of halogens is 27. The number of nitrogens with zero attached hydrogens (tertiary/aromatic N) is 1. The Morgan fingerprint density at radius 1 is 0.187 bits per heavy atom. The van der Waals surface area contributed by atoms with Crippen molar-refractivity contribution >= 4 is 21.8 Å². The Kier molecular flexibility index (Phi) is 15.5. The SMILES string of the molecule is FC(F)(F)c1cc(-c2cc(-c3cc(C(F)(F)F)cc(C(F)(F)F)c3)cc(-c3ccc4c(c3)c3cc(-c5cc(-c6cc(C(F)(F)F)cc(C(F)(F)F)c6)cc(-c6cc(C(F)(F)F)cc(C(F)(F)F)c6)c5)ccc3n4-c3ccccc3C(F)(F)F)c2)cc(C(F)(F)F)c1. The summed E-state index contributed by atoms with van der Waals surface area (Å²) in [6, 6.07) is 15.4. The number of fused-ring (bicyclic) bond motifs is 3. The van der Waals surface area contributed by atoms with Crippen LogP contribution in [0.1, 0.15) is 50.1 Å². The zero-order valence-electron chi connectivity index (χ0n) is 44.3. The highest BCUT2D eigenvalue weighted by molar-refractivity contribution is 6.12. The van der Waals surface area contributed by atoms with E-state index in [4.69, 9.17) is 0 Å². The lowest BCUT2D eigenvalue weighted by atomic mass is 9.90. The zero-order chi connectivity index (χ0) is 66.9. The molecule has 1 heterocycles. The molecule has 1 aromatic heterocycles. The van der Waals surface area contributed by atoms with Crippen LogP contribution in [0.4, 0.5) is 119 Å². The van der Waals surface area contributed by atoms with Crippen LogP contribution in [0.25, 0.3) is 94.3 Å². The summed E-state index contributed by atoms with van der Waals surface area (Å²) in [4.78, 5) is 0. The van der Waals surface area contributed by atoms with E-state index in [1.165, 1.54) is 0 Å². The second-order valence-electron chi connectivity index (χ2n) is 20.6. The van der Waals surface area contributed by atoms with Gasteiger partial charge >= 0.3 is 55.6 Å². The molecule has 474 valence electrons. The van der Waals surface area contributed by atoms with Gasteiger partial charge in [-0.1, -0.05) is 24.3 Å². The number of rotatable bonds is 7. The van der Waals surface area contributed by atoms with E-state index < -0.39 is 167 Å². The van der Waals surface area contributed by atoms with Gasteiger partial charge in [-0.05, 0) is 212 Å². The van der Waals surface area contributed by atoms with Crippen molar-refractivity contribution in [2.75, 3.05) is 0 Å². The summed E-state index contributed by atoms with van der Waals surface area (Å²) < 4.78 is 389. The number of hydrogen-bond donors (Lipinski definition) is 0. The van der Waals surface area contributed by atoms with Gasteiger partial charge in [-0.3, -0.25) is 0 Å². The normalized spacial score (nSPS) is 13.4. The van der Waals surface area contributed by atoms with Crippen LogP contribution in [-0.4, -0.2) is 4.57 Å². The zero-order valence-corrected chi connectivity index (χ0v) is 44.3. The molecule has 0 N–H and O–H groups in total. The smallest absolute Gasteiger partial charge is 0.309 e. The van der Waals surface area contributed by atoms with E-state index in [1.807, 2.05) is 0 Å². The van der Waals surface area contributed by atoms with Crippen LogP contribution in [0.15, 0.2) is 170 Å². The summed E-state index contributed by atoms with van der Waals surface area (Å²) >= 11 is 0. The standard InChI is InChI=1S/C63H28F27N/c64-55(65,66)41-15-37(16-42(25-41)56(67,68)69)33-9-31(10-34(13-33)38-17-43(57(70,71)72)26-44(18-38)58(73,74)75)29-5-7-52-49(23-29)50-24-30(6-8-53(50)91(52)54-4-2-1-3-51(54)63(88,89)90)32-11-35(39-19-45(59(76,77)78)27-46(20-39)60(79,80)81)14-36(12-32)40-21-47(61(82,83)84)28-48(22-40)62(85,86)87/h1-28H. The van der Waals surface area contributed by atoms with Gasteiger partial charge in [0.2, 0.25) is 0 Å². The highest BCUT2D eigenvalue weighted by atomic mass is 19.4. The molecule has 0 radical (unpaired) electrons. The second-order valence-corrected chi connectivity index (χ2v) is 20.6. The van der Waals surface area contributed by atoms with Crippen molar-refractivity contribution in [3.8, 4) is 72.4 Å². The summed E-state index contributed by atoms with van der Waals surface area (Å²) in [6.45, 7) is 0. The first-order valence-electron chi connectivity index (χ1n) is 25.5. The van der Waals surface area contributed by atoms with Gasteiger partial charge in [-0.2, -0.15) is 119 Å². The lowest BCUT2D eigenvalue weighted by molar-refractivity contribution is -0.144. The average molecular weight is 1310 g/mol. The molecule has 91 heavy (non-hydrogen) atoms. The van der Waals surface area contributed by atoms with E-state index >= 15 is 0 Å². The van der Waals surface area contributed by atoms with Crippen LogP contribution in [0.3, 0.4) is 0 Å². The molecule has 1 nitrogen and oxygen atoms in total. The Bertz CT molecular complexity index is 3920. The van der Waals surface area contributed by atoms with Crippen LogP contribution in [0.5, 0.6) is 0 Å². The Balaban J connectivity index is 1.30. The summed E-state index contributed by atoms with van der Waals surface area (Å²) in [6.07, 6.45) is -49.3. The number of hydrogen-bond acceptors (Lipinski definition) is 0. The Labute approximate surface area is 491 Å². The van der Waals surface area contributed by atoms with E-state index in [-0.39, 0.29) is 106 Å². The first-order chi connectivity index (χ1) is 41.7. The minimum absolute atomic E-state index is 0.187. The van der Waals surface area contributed by atoms with E-state index in [0.29, 0.717) is 18.2 Å². The fourth-order valence-corrected chi connectivity index (χ4v) is 10.3. The van der Waals surface area contributed by atoms with Gasteiger partial charge in [-0.25, -0.2) is 0 Å². The van der Waals surface area contributed by atoms with Gasteiger partial charge in [-0.15, -0.1) is 0 Å². The van der Waals surface area contributed by atoms with Crippen molar-refractivity contribution in [3.63, 3.8) is 0 Å². The van der Waals surface area contributed by atoms with Gasteiger partial charge in [0.25, 0.3) is 0 Å². The molecule has 0 spiro atoms. The maximum absolute atomic E-state index is 14.9. The molecule has 0 aliphatic heterocycles. The predicted molar refractivity (Wildman–Crippen MR) is 278 cm³/mol. The van der Waals surface area contributed by atoms with Crippen LogP contribution < -0.4 is 0 Å². The number of benzene rings is 9. The molecule has 0 bridgehead atoms. The minimum Gasteiger partial charge on any atom is -0.309 e. The monoisotopic (exact) mass is 1310 g/mol. The van der Waals surface area contributed by atoms with Crippen molar-refractivity contribution < 1.29 is 119 Å². The van der Waals surface area contributed by atoms with Crippen molar-refractivity contribution in [2.24, 2.45) is 0 Å². The number of alkyl halides is 27. The highest BCUT2D eigenvalue weighted by Gasteiger charge is 2.42. The molecular formula is C63H28F27N. The Morgan fingerprint density at radius 2 is 0.396 bits per heavy atom. The largest absolute Gasteiger partial charge is 0.418 e. The maximum atomic E-state index is 14.9. The van der Waals surface area contributed by atoms with Crippen LogP contribution in [0.2, 0.25) is 0 Å². The molecule has 10 aromatic rings. The lowest BCUT2D eigenvalue weighted by Crippen LogP contribution is -2.11. The third-order valence-electron chi connectivity index (χ3n) is 14.4. The third kappa shape index (κ3) is 13.4. The second kappa shape index (κ2) is 21.8. The van der Waals surface area contributed by atoms with Crippen molar-refractivity contribution in [1.82, 2.24) is 4.57 Å². The van der Waals surface area contributed by atoms with Gasteiger partial charge in [0, 0.05) is 10.8 Å². The molecule has 0 aliphatic rings. The van der Waals surface area contributed by atoms with E-state index in [2.05, 4.69) is 0 Å². The van der Waals surface area contributed by atoms with Gasteiger partial charge in [0.15, 0.2) is 0 Å². The van der Waals surface area contributed by atoms with Crippen LogP contribution in [0, 0.1) is 0 Å². The fraction of sp³-hybridized carbons (Fsp3) is 0.143. The first-order valence-corrected chi connectivity index (χ1v) is 25.5.